The highest BCUT2D eigenvalue weighted by molar-refractivity contribution is 5.87. The van der Waals surface area contributed by atoms with Gasteiger partial charge in [-0.3, -0.25) is 0 Å². The maximum absolute atomic E-state index is 10.4. The Balaban J connectivity index is 3.03. The molecule has 3 heteroatoms. The fourth-order valence-corrected chi connectivity index (χ4v) is 0.555. The molecule has 0 saturated carbocycles. The highest BCUT2D eigenvalue weighted by atomic mass is 16.5. The average molecular weight is 156 g/mol. The van der Waals surface area contributed by atoms with Gasteiger partial charge < -0.3 is 9.47 Å². The van der Waals surface area contributed by atoms with E-state index in [0.717, 1.165) is 12.8 Å². The van der Waals surface area contributed by atoms with Gasteiger partial charge in [0, 0.05) is 19.6 Å². The lowest BCUT2D eigenvalue weighted by atomic mass is 10.3. The molecule has 0 saturated heterocycles. The minimum atomic E-state index is -0.595. The zero-order chi connectivity index (χ0) is 8.53. The average Bonchev–Trinajstić information content (AvgIpc) is 2.04. The first-order valence-corrected chi connectivity index (χ1v) is 3.43. The van der Waals surface area contributed by atoms with E-state index in [9.17, 15) is 4.79 Å². The largest absolute Gasteiger partial charge is 0.456 e. The fourth-order valence-electron chi connectivity index (χ4n) is 0.555. The van der Waals surface area contributed by atoms with E-state index < -0.39 is 5.97 Å². The van der Waals surface area contributed by atoms with Crippen LogP contribution in [0.2, 0.25) is 0 Å². The number of ether oxygens (including phenoxy) is 2. The molecule has 0 radical (unpaired) electrons. The maximum atomic E-state index is 10.4. The standard InChI is InChI=1S/C8H12O3/c1-3-8(9)11-7-5-4-6-10-2/h1H,4-7H2,2H3. The molecule has 3 nitrogen and oxygen atoms in total. The summed E-state index contributed by atoms with van der Waals surface area (Å²) in [6.45, 7) is 1.07. The number of carbonyl (C=O) groups is 1. The van der Waals surface area contributed by atoms with Crippen LogP contribution in [0.5, 0.6) is 0 Å². The molecule has 11 heavy (non-hydrogen) atoms. The second kappa shape index (κ2) is 7.10. The van der Waals surface area contributed by atoms with Crippen LogP contribution < -0.4 is 0 Å². The Kier molecular flexibility index (Phi) is 6.45. The van der Waals surface area contributed by atoms with E-state index in [2.05, 4.69) is 4.74 Å². The monoisotopic (exact) mass is 156 g/mol. The summed E-state index contributed by atoms with van der Waals surface area (Å²) in [5.41, 5.74) is 0. The van der Waals surface area contributed by atoms with Crippen LogP contribution >= 0.6 is 0 Å². The molecule has 0 unspecified atom stereocenters. The summed E-state index contributed by atoms with van der Waals surface area (Å²) < 4.78 is 9.40. The molecule has 62 valence electrons. The lowest BCUT2D eigenvalue weighted by Gasteiger charge is -1.99. The summed E-state index contributed by atoms with van der Waals surface area (Å²) >= 11 is 0. The van der Waals surface area contributed by atoms with Gasteiger partial charge in [0.25, 0.3) is 0 Å². The first-order valence-electron chi connectivity index (χ1n) is 3.43. The Hall–Kier alpha value is -1.01. The third-order valence-corrected chi connectivity index (χ3v) is 1.09. The van der Waals surface area contributed by atoms with Crippen molar-refractivity contribution in [2.24, 2.45) is 0 Å². The predicted octanol–water partition coefficient (Wildman–Crippen LogP) is 0.589. The van der Waals surface area contributed by atoms with Crippen LogP contribution in [-0.4, -0.2) is 26.3 Å². The number of terminal acetylenes is 1. The van der Waals surface area contributed by atoms with Crippen molar-refractivity contribution in [3.05, 3.63) is 0 Å². The number of hydrogen-bond acceptors (Lipinski definition) is 3. The Bertz CT molecular complexity index is 146. The summed E-state index contributed by atoms with van der Waals surface area (Å²) in [5.74, 6) is 1.27. The van der Waals surface area contributed by atoms with Gasteiger partial charge in [0.05, 0.1) is 6.61 Å². The maximum Gasteiger partial charge on any atom is 0.384 e. The molecule has 0 aromatic heterocycles. The number of unbranched alkanes of at least 4 members (excludes halogenated alkanes) is 1. The van der Waals surface area contributed by atoms with E-state index >= 15 is 0 Å². The van der Waals surface area contributed by atoms with Gasteiger partial charge in [-0.1, -0.05) is 0 Å². The van der Waals surface area contributed by atoms with Gasteiger partial charge in [-0.2, -0.15) is 0 Å². The van der Waals surface area contributed by atoms with Crippen molar-refractivity contribution < 1.29 is 14.3 Å². The molecule has 0 rings (SSSR count). The molecule has 0 heterocycles. The second-order valence-corrected chi connectivity index (χ2v) is 1.98. The van der Waals surface area contributed by atoms with Crippen molar-refractivity contribution in [3.63, 3.8) is 0 Å². The quantitative estimate of drug-likeness (QED) is 0.253. The lowest BCUT2D eigenvalue weighted by molar-refractivity contribution is -0.136. The molecule has 0 aliphatic rings. The van der Waals surface area contributed by atoms with Gasteiger partial charge in [0.1, 0.15) is 0 Å². The van der Waals surface area contributed by atoms with E-state index in [4.69, 9.17) is 11.2 Å². The van der Waals surface area contributed by atoms with Crippen molar-refractivity contribution in [1.82, 2.24) is 0 Å². The van der Waals surface area contributed by atoms with Crippen LogP contribution in [0.3, 0.4) is 0 Å². The second-order valence-electron chi connectivity index (χ2n) is 1.98. The van der Waals surface area contributed by atoms with Gasteiger partial charge in [-0.25, -0.2) is 4.79 Å². The summed E-state index contributed by atoms with van der Waals surface area (Å²) in [6.07, 6.45) is 6.44. The number of esters is 1. The topological polar surface area (TPSA) is 35.5 Å². The molecule has 0 aliphatic heterocycles. The van der Waals surface area contributed by atoms with E-state index in [-0.39, 0.29) is 0 Å². The summed E-state index contributed by atoms with van der Waals surface area (Å²) in [6, 6.07) is 0. The van der Waals surface area contributed by atoms with Crippen LogP contribution in [0.25, 0.3) is 0 Å². The van der Waals surface area contributed by atoms with Crippen molar-refractivity contribution >= 4 is 5.97 Å². The van der Waals surface area contributed by atoms with Crippen LogP contribution in [0.15, 0.2) is 0 Å². The molecule has 0 fully saturated rings. The van der Waals surface area contributed by atoms with Crippen molar-refractivity contribution in [2.75, 3.05) is 20.3 Å². The van der Waals surface area contributed by atoms with Gasteiger partial charge in [-0.05, 0) is 12.8 Å². The fraction of sp³-hybridized carbons (Fsp3) is 0.625. The Morgan fingerprint density at radius 3 is 2.64 bits per heavy atom. The Labute approximate surface area is 66.7 Å². The number of carbonyl (C=O) groups excluding carboxylic acids is 1. The molecule has 0 aliphatic carbocycles. The van der Waals surface area contributed by atoms with E-state index in [1.807, 2.05) is 5.92 Å². The Morgan fingerprint density at radius 1 is 1.45 bits per heavy atom. The number of methoxy groups -OCH3 is 1. The third-order valence-electron chi connectivity index (χ3n) is 1.09. The first kappa shape index (κ1) is 9.99. The van der Waals surface area contributed by atoms with Gasteiger partial charge in [0.2, 0.25) is 0 Å². The normalized spacial score (nSPS) is 8.73. The number of rotatable bonds is 5. The zero-order valence-corrected chi connectivity index (χ0v) is 6.63. The van der Waals surface area contributed by atoms with Gasteiger partial charge >= 0.3 is 5.97 Å². The first-order chi connectivity index (χ1) is 5.31. The molecular weight excluding hydrogens is 144 g/mol. The van der Waals surface area contributed by atoms with E-state index in [1.54, 1.807) is 7.11 Å². The highest BCUT2D eigenvalue weighted by Gasteiger charge is 1.94. The zero-order valence-electron chi connectivity index (χ0n) is 6.63. The summed E-state index contributed by atoms with van der Waals surface area (Å²) in [5, 5.41) is 0. The molecule has 0 bridgehead atoms. The molecule has 0 N–H and O–H groups in total. The minimum absolute atomic E-state index is 0.381. The number of hydrogen-bond donors (Lipinski definition) is 0. The third kappa shape index (κ3) is 6.88. The van der Waals surface area contributed by atoms with Crippen molar-refractivity contribution in [3.8, 4) is 12.3 Å². The highest BCUT2D eigenvalue weighted by Crippen LogP contribution is 1.90. The van der Waals surface area contributed by atoms with Crippen LogP contribution in [0.1, 0.15) is 12.8 Å². The van der Waals surface area contributed by atoms with Crippen LogP contribution in [0.4, 0.5) is 0 Å². The molecule has 0 atom stereocenters. The predicted molar refractivity (Wildman–Crippen MR) is 40.9 cm³/mol. The van der Waals surface area contributed by atoms with E-state index in [0.29, 0.717) is 13.2 Å². The summed E-state index contributed by atoms with van der Waals surface area (Å²) in [4.78, 5) is 10.4. The van der Waals surface area contributed by atoms with Gasteiger partial charge in [0.15, 0.2) is 0 Å². The minimum Gasteiger partial charge on any atom is -0.456 e. The molecule has 0 amide bonds. The lowest BCUT2D eigenvalue weighted by Crippen LogP contribution is -2.03. The van der Waals surface area contributed by atoms with Crippen LogP contribution in [0, 0.1) is 12.3 Å². The molecule has 0 spiro atoms. The molecule has 0 aromatic carbocycles. The molecule has 0 aromatic rings. The SMILES string of the molecule is C#CC(=O)OCCCCOC. The molecular formula is C8H12O3. The van der Waals surface area contributed by atoms with Crippen molar-refractivity contribution in [2.45, 2.75) is 12.8 Å². The van der Waals surface area contributed by atoms with Crippen LogP contribution in [-0.2, 0) is 14.3 Å². The summed E-state index contributed by atoms with van der Waals surface area (Å²) in [7, 11) is 1.63. The Morgan fingerprint density at radius 2 is 2.09 bits per heavy atom. The smallest absolute Gasteiger partial charge is 0.384 e. The van der Waals surface area contributed by atoms with E-state index in [1.165, 1.54) is 0 Å². The van der Waals surface area contributed by atoms with Gasteiger partial charge in [-0.15, -0.1) is 6.42 Å². The van der Waals surface area contributed by atoms with Crippen molar-refractivity contribution in [1.29, 1.82) is 0 Å².